The quantitative estimate of drug-likeness (QED) is 0.440. The van der Waals surface area contributed by atoms with Gasteiger partial charge in [0.1, 0.15) is 11.2 Å². The van der Waals surface area contributed by atoms with Crippen molar-refractivity contribution in [2.75, 3.05) is 20.1 Å². The van der Waals surface area contributed by atoms with E-state index in [-0.39, 0.29) is 17.7 Å². The van der Waals surface area contributed by atoms with Gasteiger partial charge in [-0.15, -0.1) is 0 Å². The number of para-hydroxylation sites is 2. The van der Waals surface area contributed by atoms with E-state index in [0.29, 0.717) is 37.2 Å². The van der Waals surface area contributed by atoms with Gasteiger partial charge in [-0.1, -0.05) is 36.4 Å². The average molecular weight is 456 g/mol. The van der Waals surface area contributed by atoms with Crippen LogP contribution in [0, 0.1) is 0 Å². The van der Waals surface area contributed by atoms with E-state index in [1.54, 1.807) is 24.2 Å². The van der Waals surface area contributed by atoms with Crippen LogP contribution < -0.4 is 10.6 Å². The van der Waals surface area contributed by atoms with Gasteiger partial charge in [0.25, 0.3) is 11.8 Å². The van der Waals surface area contributed by atoms with Gasteiger partial charge in [0.05, 0.1) is 11.1 Å². The van der Waals surface area contributed by atoms with E-state index < -0.39 is 5.54 Å². The predicted octanol–water partition coefficient (Wildman–Crippen LogP) is 2.87. The first-order valence-electron chi connectivity index (χ1n) is 11.3. The SMILES string of the molecule is CNC(=O)C1(NC(=O)c2cc3ccccc3[nH]2)CCN(C(=O)c2cnc3ccccc3c2)CC1. The lowest BCUT2D eigenvalue weighted by atomic mass is 9.86. The van der Waals surface area contributed by atoms with Crippen LogP contribution in [-0.2, 0) is 4.79 Å². The van der Waals surface area contributed by atoms with E-state index in [1.165, 1.54) is 0 Å². The summed E-state index contributed by atoms with van der Waals surface area (Å²) in [7, 11) is 1.55. The van der Waals surface area contributed by atoms with Crippen molar-refractivity contribution in [3.05, 3.63) is 78.1 Å². The molecule has 1 fully saturated rings. The van der Waals surface area contributed by atoms with Crippen LogP contribution in [-0.4, -0.2) is 58.3 Å². The van der Waals surface area contributed by atoms with Crippen molar-refractivity contribution in [2.45, 2.75) is 18.4 Å². The van der Waals surface area contributed by atoms with Crippen LogP contribution in [0.15, 0.2) is 66.9 Å². The summed E-state index contributed by atoms with van der Waals surface area (Å²) in [5.41, 5.74) is 1.49. The second-order valence-corrected chi connectivity index (χ2v) is 8.59. The van der Waals surface area contributed by atoms with E-state index in [4.69, 9.17) is 0 Å². The van der Waals surface area contributed by atoms with Crippen LogP contribution in [0.3, 0.4) is 0 Å². The minimum Gasteiger partial charge on any atom is -0.357 e. The van der Waals surface area contributed by atoms with Crippen molar-refractivity contribution in [3.8, 4) is 0 Å². The molecular weight excluding hydrogens is 430 g/mol. The smallest absolute Gasteiger partial charge is 0.268 e. The normalized spacial score (nSPS) is 15.3. The number of aromatic nitrogens is 2. The van der Waals surface area contributed by atoms with Crippen LogP contribution in [0.1, 0.15) is 33.7 Å². The van der Waals surface area contributed by atoms with Gasteiger partial charge in [-0.2, -0.15) is 0 Å². The molecule has 172 valence electrons. The Morgan fingerprint density at radius 1 is 0.971 bits per heavy atom. The summed E-state index contributed by atoms with van der Waals surface area (Å²) in [6.07, 6.45) is 2.21. The zero-order valence-corrected chi connectivity index (χ0v) is 18.8. The van der Waals surface area contributed by atoms with E-state index >= 15 is 0 Å². The molecule has 8 nitrogen and oxygen atoms in total. The Hall–Kier alpha value is -4.20. The highest BCUT2D eigenvalue weighted by atomic mass is 16.2. The van der Waals surface area contributed by atoms with E-state index in [9.17, 15) is 14.4 Å². The first-order chi connectivity index (χ1) is 16.5. The van der Waals surface area contributed by atoms with Gasteiger partial charge in [0, 0.05) is 42.6 Å². The van der Waals surface area contributed by atoms with Crippen molar-refractivity contribution in [1.82, 2.24) is 25.5 Å². The molecule has 2 aromatic carbocycles. The molecule has 1 aliphatic rings. The molecule has 0 bridgehead atoms. The number of piperidine rings is 1. The van der Waals surface area contributed by atoms with Gasteiger partial charge in [0.15, 0.2) is 0 Å². The monoisotopic (exact) mass is 455 g/mol. The number of fused-ring (bicyclic) bond motifs is 2. The first-order valence-corrected chi connectivity index (χ1v) is 11.3. The van der Waals surface area contributed by atoms with Crippen LogP contribution >= 0.6 is 0 Å². The molecule has 0 aliphatic carbocycles. The molecule has 1 saturated heterocycles. The second-order valence-electron chi connectivity index (χ2n) is 8.59. The summed E-state index contributed by atoms with van der Waals surface area (Å²) < 4.78 is 0. The third-order valence-electron chi connectivity index (χ3n) is 6.53. The van der Waals surface area contributed by atoms with Crippen molar-refractivity contribution < 1.29 is 14.4 Å². The molecule has 8 heteroatoms. The number of nitrogens with one attached hydrogen (secondary N) is 3. The van der Waals surface area contributed by atoms with Crippen molar-refractivity contribution >= 4 is 39.5 Å². The van der Waals surface area contributed by atoms with E-state index in [1.807, 2.05) is 54.6 Å². The predicted molar refractivity (Wildman–Crippen MR) is 129 cm³/mol. The molecule has 3 N–H and O–H groups in total. The molecule has 5 rings (SSSR count). The van der Waals surface area contributed by atoms with Crippen molar-refractivity contribution in [2.24, 2.45) is 0 Å². The maximum atomic E-state index is 13.1. The topological polar surface area (TPSA) is 107 Å². The highest BCUT2D eigenvalue weighted by Crippen LogP contribution is 2.26. The van der Waals surface area contributed by atoms with Crippen LogP contribution in [0.4, 0.5) is 0 Å². The van der Waals surface area contributed by atoms with Crippen LogP contribution in [0.25, 0.3) is 21.8 Å². The number of carbonyl (C=O) groups is 3. The van der Waals surface area contributed by atoms with Crippen molar-refractivity contribution in [1.29, 1.82) is 0 Å². The zero-order chi connectivity index (χ0) is 23.7. The number of likely N-dealkylation sites (tertiary alicyclic amines) is 1. The van der Waals surface area contributed by atoms with E-state index in [0.717, 1.165) is 21.8 Å². The number of carbonyl (C=O) groups excluding carboxylic acids is 3. The number of hydrogen-bond acceptors (Lipinski definition) is 4. The van der Waals surface area contributed by atoms with Gasteiger partial charge in [0.2, 0.25) is 5.91 Å². The number of nitrogens with zero attached hydrogens (tertiary/aromatic N) is 2. The fourth-order valence-electron chi connectivity index (χ4n) is 4.59. The lowest BCUT2D eigenvalue weighted by Gasteiger charge is -2.40. The standard InChI is InChI=1S/C26H25N5O3/c1-27-25(34)26(30-23(32)22-15-18-7-3-5-9-21(18)29-22)10-12-31(13-11-26)24(33)19-14-17-6-2-4-8-20(17)28-16-19/h2-9,14-16,29H,10-13H2,1H3,(H,27,34)(H,30,32). The maximum absolute atomic E-state index is 13.1. The maximum Gasteiger partial charge on any atom is 0.268 e. The van der Waals surface area contributed by atoms with Gasteiger partial charge >= 0.3 is 0 Å². The minimum absolute atomic E-state index is 0.134. The Morgan fingerprint density at radius 2 is 1.68 bits per heavy atom. The fourth-order valence-corrected chi connectivity index (χ4v) is 4.59. The van der Waals surface area contributed by atoms with Gasteiger partial charge < -0.3 is 20.5 Å². The molecule has 3 amide bonds. The molecule has 3 heterocycles. The number of rotatable bonds is 4. The highest BCUT2D eigenvalue weighted by molar-refractivity contribution is 6.02. The number of benzene rings is 2. The lowest BCUT2D eigenvalue weighted by Crippen LogP contribution is -2.63. The third kappa shape index (κ3) is 3.87. The number of amides is 3. The molecular formula is C26H25N5O3. The van der Waals surface area contributed by atoms with Gasteiger partial charge in [-0.05, 0) is 37.1 Å². The molecule has 34 heavy (non-hydrogen) atoms. The van der Waals surface area contributed by atoms with Gasteiger partial charge in [-0.25, -0.2) is 0 Å². The Morgan fingerprint density at radius 3 is 2.41 bits per heavy atom. The molecule has 0 saturated carbocycles. The summed E-state index contributed by atoms with van der Waals surface area (Å²) in [6.45, 7) is 0.679. The molecule has 4 aromatic rings. The molecule has 1 aliphatic heterocycles. The summed E-state index contributed by atoms with van der Waals surface area (Å²) in [4.78, 5) is 48.3. The second kappa shape index (κ2) is 8.62. The Kier molecular flexibility index (Phi) is 5.49. The number of likely N-dealkylation sites (N-methyl/N-ethyl adjacent to an activating group) is 1. The Labute approximate surface area is 196 Å². The number of hydrogen-bond donors (Lipinski definition) is 3. The lowest BCUT2D eigenvalue weighted by molar-refractivity contribution is -0.128. The average Bonchev–Trinajstić information content (AvgIpc) is 3.32. The number of pyridine rings is 1. The summed E-state index contributed by atoms with van der Waals surface area (Å²) in [6, 6.07) is 18.9. The fraction of sp³-hybridized carbons (Fsp3) is 0.231. The van der Waals surface area contributed by atoms with E-state index in [2.05, 4.69) is 20.6 Å². The molecule has 0 atom stereocenters. The Balaban J connectivity index is 1.33. The Bertz CT molecular complexity index is 1370. The molecule has 0 unspecified atom stereocenters. The van der Waals surface area contributed by atoms with Crippen LogP contribution in [0.2, 0.25) is 0 Å². The van der Waals surface area contributed by atoms with Gasteiger partial charge in [-0.3, -0.25) is 19.4 Å². The number of H-pyrrole nitrogens is 1. The summed E-state index contributed by atoms with van der Waals surface area (Å²) in [5, 5.41) is 7.45. The molecule has 0 radical (unpaired) electrons. The largest absolute Gasteiger partial charge is 0.357 e. The highest BCUT2D eigenvalue weighted by Gasteiger charge is 2.43. The first kappa shape index (κ1) is 21.6. The molecule has 0 spiro atoms. The summed E-state index contributed by atoms with van der Waals surface area (Å²) in [5.74, 6) is -0.750. The molecule has 2 aromatic heterocycles. The minimum atomic E-state index is -1.10. The zero-order valence-electron chi connectivity index (χ0n) is 18.8. The summed E-state index contributed by atoms with van der Waals surface area (Å²) >= 11 is 0. The number of aromatic amines is 1. The third-order valence-corrected chi connectivity index (χ3v) is 6.53. The van der Waals surface area contributed by atoms with Crippen LogP contribution in [0.5, 0.6) is 0 Å². The van der Waals surface area contributed by atoms with Crippen molar-refractivity contribution in [3.63, 3.8) is 0 Å².